The van der Waals surface area contributed by atoms with Crippen molar-refractivity contribution in [2.45, 2.75) is 6.92 Å². The molecule has 1 aromatic heterocycles. The number of carbonyl (C=O) groups excluding carboxylic acids is 1. The van der Waals surface area contributed by atoms with Gasteiger partial charge in [-0.1, -0.05) is 59.6 Å². The Balaban J connectivity index is 1.64. The van der Waals surface area contributed by atoms with E-state index in [-0.39, 0.29) is 5.91 Å². The number of carbonyl (C=O) groups is 1. The van der Waals surface area contributed by atoms with Crippen LogP contribution in [0.5, 0.6) is 0 Å². The van der Waals surface area contributed by atoms with Crippen molar-refractivity contribution in [3.63, 3.8) is 0 Å². The molecule has 0 spiro atoms. The first-order valence-electron chi connectivity index (χ1n) is 10.6. The fourth-order valence-corrected chi connectivity index (χ4v) is 5.28. The lowest BCUT2D eigenvalue weighted by molar-refractivity contribution is -0.113. The molecular formula is C27H22ClN3OS. The molecule has 0 atom stereocenters. The lowest BCUT2D eigenvalue weighted by atomic mass is 10.1. The molecule has 164 valence electrons. The van der Waals surface area contributed by atoms with Crippen molar-refractivity contribution in [2.75, 3.05) is 23.9 Å². The number of aryl methyl sites for hydroxylation is 1. The highest BCUT2D eigenvalue weighted by Crippen LogP contribution is 2.39. The highest BCUT2D eigenvalue weighted by molar-refractivity contribution is 7.21. The number of fused-ring (bicyclic) bond motifs is 1. The Morgan fingerprint density at radius 1 is 0.970 bits per heavy atom. The summed E-state index contributed by atoms with van der Waals surface area (Å²) in [6.45, 7) is 2.02. The first-order chi connectivity index (χ1) is 15.9. The van der Waals surface area contributed by atoms with Gasteiger partial charge in [0, 0.05) is 29.9 Å². The van der Waals surface area contributed by atoms with Crippen molar-refractivity contribution in [1.82, 2.24) is 0 Å². The number of thiophene rings is 1. The van der Waals surface area contributed by atoms with Crippen LogP contribution in [0.25, 0.3) is 16.2 Å². The number of benzene rings is 3. The standard InChI is InChI=1S/C27H22ClN3OS/c1-17-8-12-20(13-9-17)31-26(25-24(28)21-6-4-5-7-23(21)33-25)29-22(27(31)32)16-18-10-14-19(15-11-18)30(2)3/h4-16H,1-3H3/b22-16+. The van der Waals surface area contributed by atoms with Gasteiger partial charge in [0.1, 0.15) is 5.70 Å². The zero-order valence-electron chi connectivity index (χ0n) is 18.5. The Labute approximate surface area is 202 Å². The Kier molecular flexibility index (Phi) is 5.52. The lowest BCUT2D eigenvalue weighted by Crippen LogP contribution is -2.32. The highest BCUT2D eigenvalue weighted by Gasteiger charge is 2.34. The van der Waals surface area contributed by atoms with Gasteiger partial charge >= 0.3 is 0 Å². The third-order valence-electron chi connectivity index (χ3n) is 5.60. The second kappa shape index (κ2) is 8.50. The normalized spacial score (nSPS) is 14.9. The van der Waals surface area contributed by atoms with Gasteiger partial charge in [0.15, 0.2) is 5.84 Å². The molecule has 1 amide bonds. The van der Waals surface area contributed by atoms with Crippen LogP contribution in [0.3, 0.4) is 0 Å². The molecule has 1 aliphatic rings. The summed E-state index contributed by atoms with van der Waals surface area (Å²) in [4.78, 5) is 22.9. The Morgan fingerprint density at radius 3 is 2.33 bits per heavy atom. The predicted octanol–water partition coefficient (Wildman–Crippen LogP) is 6.76. The number of halogens is 1. The van der Waals surface area contributed by atoms with E-state index in [4.69, 9.17) is 16.6 Å². The first-order valence-corrected chi connectivity index (χ1v) is 11.8. The van der Waals surface area contributed by atoms with Gasteiger partial charge in [-0.05, 0) is 48.9 Å². The fraction of sp³-hybridized carbons (Fsp3) is 0.111. The first kappa shape index (κ1) is 21.4. The van der Waals surface area contributed by atoms with Gasteiger partial charge in [-0.2, -0.15) is 0 Å². The van der Waals surface area contributed by atoms with Crippen LogP contribution in [0.15, 0.2) is 83.5 Å². The van der Waals surface area contributed by atoms with Crippen LogP contribution in [0.1, 0.15) is 16.0 Å². The number of hydrogen-bond donors (Lipinski definition) is 0. The number of amides is 1. The number of amidine groups is 1. The number of aliphatic imine (C=N–C) groups is 1. The maximum Gasteiger partial charge on any atom is 0.282 e. The molecule has 0 fully saturated rings. The van der Waals surface area contributed by atoms with Crippen LogP contribution in [0, 0.1) is 6.92 Å². The molecule has 2 heterocycles. The molecule has 0 radical (unpaired) electrons. The average molecular weight is 472 g/mol. The molecule has 0 unspecified atom stereocenters. The molecule has 4 nitrogen and oxygen atoms in total. The molecule has 0 bridgehead atoms. The molecular weight excluding hydrogens is 450 g/mol. The van der Waals surface area contributed by atoms with E-state index < -0.39 is 0 Å². The van der Waals surface area contributed by atoms with Gasteiger partial charge in [-0.25, -0.2) is 4.99 Å². The number of anilines is 2. The van der Waals surface area contributed by atoms with Gasteiger partial charge in [0.2, 0.25) is 0 Å². The summed E-state index contributed by atoms with van der Waals surface area (Å²) in [6.07, 6.45) is 1.83. The molecule has 0 saturated carbocycles. The van der Waals surface area contributed by atoms with Crippen molar-refractivity contribution in [3.8, 4) is 0 Å². The molecule has 1 aliphatic heterocycles. The van der Waals surface area contributed by atoms with E-state index in [9.17, 15) is 4.79 Å². The molecule has 6 heteroatoms. The maximum absolute atomic E-state index is 13.6. The van der Waals surface area contributed by atoms with Crippen molar-refractivity contribution in [3.05, 3.63) is 99.5 Å². The third-order valence-corrected chi connectivity index (χ3v) is 7.27. The van der Waals surface area contributed by atoms with Gasteiger partial charge in [0.05, 0.1) is 15.6 Å². The van der Waals surface area contributed by atoms with Gasteiger partial charge < -0.3 is 4.90 Å². The molecule has 0 saturated heterocycles. The minimum absolute atomic E-state index is 0.168. The molecule has 0 aliphatic carbocycles. The van der Waals surface area contributed by atoms with Crippen molar-refractivity contribution < 1.29 is 4.79 Å². The molecule has 0 N–H and O–H groups in total. The van der Waals surface area contributed by atoms with Crippen LogP contribution < -0.4 is 9.80 Å². The minimum atomic E-state index is -0.168. The monoisotopic (exact) mass is 471 g/mol. The Bertz CT molecular complexity index is 1420. The van der Waals surface area contributed by atoms with Gasteiger partial charge in [-0.15, -0.1) is 11.3 Å². The zero-order valence-corrected chi connectivity index (χ0v) is 20.1. The smallest absolute Gasteiger partial charge is 0.282 e. The van der Waals surface area contributed by atoms with E-state index in [1.54, 1.807) is 16.2 Å². The maximum atomic E-state index is 13.6. The summed E-state index contributed by atoms with van der Waals surface area (Å²) in [5, 5.41) is 1.59. The summed E-state index contributed by atoms with van der Waals surface area (Å²) < 4.78 is 1.06. The van der Waals surface area contributed by atoms with Crippen molar-refractivity contribution >= 4 is 62.2 Å². The Morgan fingerprint density at radius 2 is 1.67 bits per heavy atom. The number of nitrogens with zero attached hydrogens (tertiary/aromatic N) is 3. The molecule has 5 rings (SSSR count). The lowest BCUT2D eigenvalue weighted by Gasteiger charge is -2.18. The fourth-order valence-electron chi connectivity index (χ4n) is 3.79. The van der Waals surface area contributed by atoms with Crippen molar-refractivity contribution in [2.24, 2.45) is 4.99 Å². The van der Waals surface area contributed by atoms with Gasteiger partial charge in [0.25, 0.3) is 5.91 Å². The topological polar surface area (TPSA) is 35.9 Å². The molecule has 3 aromatic carbocycles. The summed E-state index contributed by atoms with van der Waals surface area (Å²) in [5.41, 5.74) is 4.29. The number of hydrogen-bond acceptors (Lipinski definition) is 4. The summed E-state index contributed by atoms with van der Waals surface area (Å²) in [5.74, 6) is 0.394. The highest BCUT2D eigenvalue weighted by atomic mass is 35.5. The Hall–Kier alpha value is -3.41. The van der Waals surface area contributed by atoms with E-state index in [2.05, 4.69) is 0 Å². The van der Waals surface area contributed by atoms with E-state index in [1.165, 1.54) is 0 Å². The summed E-state index contributed by atoms with van der Waals surface area (Å²) >= 11 is 8.33. The van der Waals surface area contributed by atoms with E-state index in [0.29, 0.717) is 16.6 Å². The molecule has 33 heavy (non-hydrogen) atoms. The largest absolute Gasteiger partial charge is 0.378 e. The van der Waals surface area contributed by atoms with Crippen LogP contribution in [0.4, 0.5) is 11.4 Å². The zero-order chi connectivity index (χ0) is 23.1. The quantitative estimate of drug-likeness (QED) is 0.308. The SMILES string of the molecule is Cc1ccc(N2C(=O)/C(=C\c3ccc(N(C)C)cc3)N=C2c2sc3ccccc3c2Cl)cc1. The second-order valence-corrected chi connectivity index (χ2v) is 9.60. The minimum Gasteiger partial charge on any atom is -0.378 e. The predicted molar refractivity (Wildman–Crippen MR) is 141 cm³/mol. The third kappa shape index (κ3) is 3.94. The van der Waals surface area contributed by atoms with Crippen LogP contribution >= 0.6 is 22.9 Å². The van der Waals surface area contributed by atoms with E-state index in [0.717, 1.165) is 37.5 Å². The van der Waals surface area contributed by atoms with Crippen LogP contribution in [-0.2, 0) is 4.79 Å². The summed E-state index contributed by atoms with van der Waals surface area (Å²) in [6, 6.07) is 23.9. The van der Waals surface area contributed by atoms with Crippen LogP contribution in [-0.4, -0.2) is 25.8 Å². The second-order valence-electron chi connectivity index (χ2n) is 8.17. The van der Waals surface area contributed by atoms with Crippen LogP contribution in [0.2, 0.25) is 5.02 Å². The average Bonchev–Trinajstić information content (AvgIpc) is 3.32. The van der Waals surface area contributed by atoms with E-state index >= 15 is 0 Å². The number of rotatable bonds is 4. The molecule has 4 aromatic rings. The van der Waals surface area contributed by atoms with E-state index in [1.807, 2.05) is 105 Å². The van der Waals surface area contributed by atoms with Crippen molar-refractivity contribution in [1.29, 1.82) is 0 Å². The summed E-state index contributed by atoms with van der Waals surface area (Å²) in [7, 11) is 4.00. The van der Waals surface area contributed by atoms with Gasteiger partial charge in [-0.3, -0.25) is 9.69 Å².